The Morgan fingerprint density at radius 3 is 2.59 bits per heavy atom. The molecule has 0 aliphatic carbocycles. The molecule has 0 atom stereocenters. The summed E-state index contributed by atoms with van der Waals surface area (Å²) in [6.07, 6.45) is 5.87. The molecule has 27 heavy (non-hydrogen) atoms. The highest BCUT2D eigenvalue weighted by Crippen LogP contribution is 2.26. The maximum absolute atomic E-state index is 6.05. The van der Waals surface area contributed by atoms with E-state index in [-0.39, 0.29) is 11.8 Å². The van der Waals surface area contributed by atoms with Gasteiger partial charge in [-0.1, -0.05) is 40.7 Å². The number of nitrogen functional groups attached to an aromatic ring is 1. The number of halogens is 1. The van der Waals surface area contributed by atoms with Crippen LogP contribution >= 0.6 is 15.9 Å². The van der Waals surface area contributed by atoms with E-state index in [1.165, 1.54) is 0 Å². The first-order valence-corrected chi connectivity index (χ1v) is 9.43. The van der Waals surface area contributed by atoms with Gasteiger partial charge in [0.05, 0.1) is 20.3 Å². The van der Waals surface area contributed by atoms with E-state index in [9.17, 15) is 0 Å². The Labute approximate surface area is 166 Å². The summed E-state index contributed by atoms with van der Waals surface area (Å²) < 4.78 is 17.7. The molecule has 0 bridgehead atoms. The van der Waals surface area contributed by atoms with Crippen molar-refractivity contribution >= 4 is 32.9 Å². The van der Waals surface area contributed by atoms with E-state index in [0.717, 1.165) is 11.1 Å². The average molecular weight is 438 g/mol. The summed E-state index contributed by atoms with van der Waals surface area (Å²) in [6.45, 7) is 7.03. The van der Waals surface area contributed by atoms with Crippen LogP contribution in [0.5, 0.6) is 12.0 Å². The van der Waals surface area contributed by atoms with Crippen molar-refractivity contribution in [3.63, 3.8) is 0 Å². The van der Waals surface area contributed by atoms with Gasteiger partial charge in [0, 0.05) is 12.4 Å². The van der Waals surface area contributed by atoms with Gasteiger partial charge in [0.25, 0.3) is 6.01 Å². The summed E-state index contributed by atoms with van der Waals surface area (Å²) >= 11 is 3.45. The molecule has 0 radical (unpaired) electrons. The molecular weight excluding hydrogens is 414 g/mol. The molecule has 2 aromatic heterocycles. The van der Waals surface area contributed by atoms with Gasteiger partial charge in [0.1, 0.15) is 6.61 Å². The average Bonchev–Trinajstić information content (AvgIpc) is 3.03. The second-order valence-electron chi connectivity index (χ2n) is 5.51. The zero-order chi connectivity index (χ0) is 19.8. The van der Waals surface area contributed by atoms with Crippen LogP contribution in [0.3, 0.4) is 0 Å². The van der Waals surface area contributed by atoms with E-state index in [0.29, 0.717) is 42.3 Å². The van der Waals surface area contributed by atoms with Crippen molar-refractivity contribution < 1.29 is 14.2 Å². The molecule has 8 nitrogen and oxygen atoms in total. The highest BCUT2D eigenvalue weighted by Gasteiger charge is 2.18. The number of hydrogen-bond acceptors (Lipinski definition) is 7. The number of nitrogens with two attached hydrogens (primary N) is 1. The predicted octanol–water partition coefficient (Wildman–Crippen LogP) is 2.90. The van der Waals surface area contributed by atoms with E-state index in [4.69, 9.17) is 19.9 Å². The minimum absolute atomic E-state index is 0.172. The quantitative estimate of drug-likeness (QED) is 0.346. The number of anilines is 1. The molecule has 0 saturated heterocycles. The van der Waals surface area contributed by atoms with Gasteiger partial charge in [-0.05, 0) is 18.1 Å². The van der Waals surface area contributed by atoms with Crippen molar-refractivity contribution in [2.24, 2.45) is 0 Å². The van der Waals surface area contributed by atoms with E-state index in [1.54, 1.807) is 14.2 Å². The minimum Gasteiger partial charge on any atom is -0.468 e. The molecule has 2 heterocycles. The number of aromatic nitrogens is 4. The zero-order valence-corrected chi connectivity index (χ0v) is 17.3. The van der Waals surface area contributed by atoms with Gasteiger partial charge < -0.3 is 19.9 Å². The van der Waals surface area contributed by atoms with Crippen LogP contribution in [0.1, 0.15) is 6.92 Å². The lowest BCUT2D eigenvalue weighted by molar-refractivity contribution is 0.141. The zero-order valence-electron chi connectivity index (χ0n) is 15.7. The van der Waals surface area contributed by atoms with Crippen LogP contribution in [-0.2, 0) is 11.3 Å². The fourth-order valence-electron chi connectivity index (χ4n) is 2.35. The molecule has 2 rings (SSSR count). The predicted molar refractivity (Wildman–Crippen MR) is 109 cm³/mol. The van der Waals surface area contributed by atoms with Crippen LogP contribution in [0.25, 0.3) is 11.2 Å². The van der Waals surface area contributed by atoms with Crippen molar-refractivity contribution in [1.82, 2.24) is 19.5 Å². The number of hydrogen-bond donors (Lipinski definition) is 1. The monoisotopic (exact) mass is 437 g/mol. The van der Waals surface area contributed by atoms with E-state index in [1.807, 2.05) is 29.7 Å². The van der Waals surface area contributed by atoms with Gasteiger partial charge in [-0.3, -0.25) is 4.57 Å². The number of nitrogens with zero attached hydrogens (tertiary/aromatic N) is 4. The standard InChI is InChI=1S/C18H24BrN5O3/c1-5-12(10-19)9-13(6-2)11-24-16-14(21-18(24)26-4)15(20)22-17(23-16)27-8-7-25-3/h5-6,9H,1,7-8,10-11H2,2-4H3,(H2,20,22,23)/b12-9+,13-6+. The van der Waals surface area contributed by atoms with Crippen LogP contribution < -0.4 is 15.2 Å². The maximum Gasteiger partial charge on any atom is 0.320 e. The third kappa shape index (κ3) is 5.08. The molecular formula is C18H24BrN5O3. The fraction of sp³-hybridized carbons (Fsp3) is 0.389. The Morgan fingerprint density at radius 2 is 2.00 bits per heavy atom. The van der Waals surface area contributed by atoms with Gasteiger partial charge in [-0.25, -0.2) is 0 Å². The third-order valence-electron chi connectivity index (χ3n) is 3.77. The van der Waals surface area contributed by atoms with Gasteiger partial charge in [-0.15, -0.1) is 0 Å². The molecule has 0 amide bonds. The third-order valence-corrected chi connectivity index (χ3v) is 4.41. The highest BCUT2D eigenvalue weighted by atomic mass is 79.9. The molecule has 0 unspecified atom stereocenters. The lowest BCUT2D eigenvalue weighted by Crippen LogP contribution is -2.09. The largest absolute Gasteiger partial charge is 0.468 e. The van der Waals surface area contributed by atoms with E-state index >= 15 is 0 Å². The van der Waals surface area contributed by atoms with Crippen LogP contribution in [0, 0.1) is 0 Å². The molecule has 2 aromatic rings. The van der Waals surface area contributed by atoms with Crippen LogP contribution in [0.4, 0.5) is 5.82 Å². The topological polar surface area (TPSA) is 97.3 Å². The van der Waals surface area contributed by atoms with Crippen molar-refractivity contribution in [2.45, 2.75) is 13.5 Å². The molecule has 0 spiro atoms. The summed E-state index contributed by atoms with van der Waals surface area (Å²) in [5.41, 5.74) is 9.16. The number of alkyl halides is 1. The Morgan fingerprint density at radius 1 is 1.22 bits per heavy atom. The fourth-order valence-corrected chi connectivity index (χ4v) is 2.74. The molecule has 0 aromatic carbocycles. The summed E-state index contributed by atoms with van der Waals surface area (Å²) in [5.74, 6) is 0.231. The van der Waals surface area contributed by atoms with Gasteiger partial charge in [0.2, 0.25) is 0 Å². The Bertz CT molecular complexity index is 860. The molecule has 0 aliphatic heterocycles. The SMILES string of the molecule is C=C/C(=C\C(=C/C)Cn1c(OC)nc2c(N)nc(OCCOC)nc21)CBr. The van der Waals surface area contributed by atoms with Gasteiger partial charge in [0.15, 0.2) is 17.0 Å². The summed E-state index contributed by atoms with van der Waals surface area (Å²) in [5, 5.41) is 0.711. The van der Waals surface area contributed by atoms with Crippen LogP contribution in [-0.4, -0.2) is 52.3 Å². The summed E-state index contributed by atoms with van der Waals surface area (Å²) in [7, 11) is 3.15. The smallest absolute Gasteiger partial charge is 0.320 e. The highest BCUT2D eigenvalue weighted by molar-refractivity contribution is 9.09. The molecule has 9 heteroatoms. The van der Waals surface area contributed by atoms with Gasteiger partial charge in [-0.2, -0.15) is 15.0 Å². The Hall–Kier alpha value is -2.39. The normalized spacial score (nSPS) is 12.4. The number of ether oxygens (including phenoxy) is 3. The first-order chi connectivity index (χ1) is 13.1. The Kier molecular flexibility index (Phi) is 7.81. The van der Waals surface area contributed by atoms with E-state index < -0.39 is 0 Å². The lowest BCUT2D eigenvalue weighted by Gasteiger charge is -2.10. The maximum atomic E-state index is 6.05. The second kappa shape index (κ2) is 10.1. The number of rotatable bonds is 10. The van der Waals surface area contributed by atoms with Crippen molar-refractivity contribution in [1.29, 1.82) is 0 Å². The number of fused-ring (bicyclic) bond motifs is 1. The molecule has 0 fully saturated rings. The minimum atomic E-state index is 0.172. The molecule has 0 aliphatic rings. The van der Waals surface area contributed by atoms with Crippen LogP contribution in [0.2, 0.25) is 0 Å². The lowest BCUT2D eigenvalue weighted by atomic mass is 10.1. The van der Waals surface area contributed by atoms with Crippen LogP contribution in [0.15, 0.2) is 36.0 Å². The number of imidazole rings is 1. The summed E-state index contributed by atoms with van der Waals surface area (Å²) in [4.78, 5) is 13.0. The molecule has 2 N–H and O–H groups in total. The number of methoxy groups -OCH3 is 2. The van der Waals surface area contributed by atoms with Crippen molar-refractivity contribution in [3.05, 3.63) is 36.0 Å². The van der Waals surface area contributed by atoms with Gasteiger partial charge >= 0.3 is 6.01 Å². The molecule has 146 valence electrons. The van der Waals surface area contributed by atoms with Crippen molar-refractivity contribution in [3.8, 4) is 12.0 Å². The first kappa shape index (κ1) is 20.9. The first-order valence-electron chi connectivity index (χ1n) is 8.31. The number of allylic oxidation sites excluding steroid dienone is 5. The van der Waals surface area contributed by atoms with Crippen molar-refractivity contribution in [2.75, 3.05) is 38.5 Å². The Balaban J connectivity index is 2.47. The molecule has 0 saturated carbocycles. The summed E-state index contributed by atoms with van der Waals surface area (Å²) in [6, 6.07) is 0.567. The second-order valence-corrected chi connectivity index (χ2v) is 6.07. The van der Waals surface area contributed by atoms with E-state index in [2.05, 4.69) is 37.5 Å².